The Morgan fingerprint density at radius 1 is 0.688 bits per heavy atom. The van der Waals surface area contributed by atoms with Crippen molar-refractivity contribution >= 4 is 30.8 Å². The first-order valence-electron chi connectivity index (χ1n) is 2.96. The summed E-state index contributed by atoms with van der Waals surface area (Å²) in [6, 6.07) is 0. The lowest BCUT2D eigenvalue weighted by molar-refractivity contribution is -0.125. The normalized spacial score (nSPS) is 12.1. The van der Waals surface area contributed by atoms with Crippen LogP contribution in [0.25, 0.3) is 0 Å². The largest absolute Gasteiger partial charge is 0.383 e. The van der Waals surface area contributed by atoms with Gasteiger partial charge < -0.3 is 0 Å². The smallest absolute Gasteiger partial charge is 0.190 e. The maximum atomic E-state index is 12.4. The van der Waals surface area contributed by atoms with Crippen molar-refractivity contribution in [3.05, 3.63) is 0 Å². The lowest BCUT2D eigenvalue weighted by Gasteiger charge is -2.19. The molecule has 0 fully saturated rings. The fourth-order valence-corrected chi connectivity index (χ4v) is 1.13. The van der Waals surface area contributed by atoms with Crippen LogP contribution in [0.15, 0.2) is 0 Å². The minimum absolute atomic E-state index is 3.57. The van der Waals surface area contributed by atoms with E-state index in [0.29, 0.717) is 0 Å². The van der Waals surface area contributed by atoms with Crippen LogP contribution in [0.2, 0.25) is 0 Å². The summed E-state index contributed by atoms with van der Waals surface area (Å²) in [7, 11) is -8.73. The Morgan fingerprint density at radius 3 is 1.00 bits per heavy atom. The minimum Gasteiger partial charge on any atom is -0.190 e. The topological polar surface area (TPSA) is 68.3 Å². The molecule has 0 atom stereocenters. The van der Waals surface area contributed by atoms with Gasteiger partial charge in [-0.05, 0) is 0 Å². The van der Waals surface area contributed by atoms with E-state index in [4.69, 9.17) is 0 Å². The van der Waals surface area contributed by atoms with Gasteiger partial charge >= 0.3 is 11.8 Å². The number of alkyl halides is 4. The molecule has 0 heterocycles. The first-order valence-corrected chi connectivity index (χ1v) is 5.11. The van der Waals surface area contributed by atoms with Crippen LogP contribution in [-0.4, -0.2) is 38.9 Å². The van der Waals surface area contributed by atoms with Crippen LogP contribution >= 0.6 is 0 Å². The fourth-order valence-electron chi connectivity index (χ4n) is 0.456. The van der Waals surface area contributed by atoms with Crippen molar-refractivity contribution in [2.45, 2.75) is 11.8 Å². The third-order valence-corrected chi connectivity index (χ3v) is 2.28. The molecule has 0 bridgehead atoms. The Hall–Kier alpha value is -1.04. The first kappa shape index (κ1) is 15.0. The number of rotatable bonds is 3. The summed E-state index contributed by atoms with van der Waals surface area (Å²) in [5, 5.41) is -7.14. The highest BCUT2D eigenvalue weighted by atomic mass is 32.2. The van der Waals surface area contributed by atoms with Crippen LogP contribution in [0, 0.1) is 0 Å². The molecular weight excluding hydrogens is 290 g/mol. The molecule has 0 spiro atoms. The Labute approximate surface area is 86.5 Å². The summed E-state index contributed by atoms with van der Waals surface area (Å²) >= 11 is 0. The van der Waals surface area contributed by atoms with Gasteiger partial charge in [-0.3, -0.25) is 0 Å². The van der Waals surface area contributed by atoms with Crippen LogP contribution in [0.4, 0.5) is 26.3 Å². The minimum atomic E-state index is -6.12. The van der Waals surface area contributed by atoms with E-state index in [1.54, 1.807) is 0 Å². The van der Waals surface area contributed by atoms with Gasteiger partial charge in [0.2, 0.25) is 0 Å². The van der Waals surface area contributed by atoms with Crippen LogP contribution in [0.3, 0.4) is 0 Å². The van der Waals surface area contributed by atoms with Gasteiger partial charge in [0.05, 0.1) is 0 Å². The van der Waals surface area contributed by atoms with Crippen molar-refractivity contribution in [2.75, 3.05) is 0 Å². The molecule has 12 heteroatoms. The summed E-state index contributed by atoms with van der Waals surface area (Å²) in [6.07, 6.45) is 0. The highest BCUT2D eigenvalue weighted by molar-refractivity contribution is 7.73. The Bertz CT molecular complexity index is 487. The van der Waals surface area contributed by atoms with Gasteiger partial charge in [0.15, 0.2) is 0 Å². The average molecular weight is 290 g/mol. The SMILES string of the molecule is O=S(=O)=C(F)C(F)(F)C(F)(F)C(F)=S(=O)=O. The van der Waals surface area contributed by atoms with Crippen molar-refractivity contribution in [3.8, 4) is 0 Å². The molecular formula is C4F6O4S2. The first-order chi connectivity index (χ1) is 6.96. The number of hydrogen-bond acceptors (Lipinski definition) is 4. The van der Waals surface area contributed by atoms with E-state index in [9.17, 15) is 43.2 Å². The van der Waals surface area contributed by atoms with E-state index in [0.717, 1.165) is 0 Å². The molecule has 0 N–H and O–H groups in total. The molecule has 0 saturated carbocycles. The summed E-state index contributed by atoms with van der Waals surface area (Å²) < 4.78 is 112. The van der Waals surface area contributed by atoms with E-state index in [1.807, 2.05) is 0 Å². The zero-order chi connectivity index (χ0) is 13.3. The van der Waals surface area contributed by atoms with Crippen LogP contribution < -0.4 is 0 Å². The molecule has 0 aromatic heterocycles. The highest BCUT2D eigenvalue weighted by Crippen LogP contribution is 2.37. The second kappa shape index (κ2) is 4.45. The third kappa shape index (κ3) is 2.37. The third-order valence-electron chi connectivity index (χ3n) is 1.18. The van der Waals surface area contributed by atoms with Crippen molar-refractivity contribution in [1.29, 1.82) is 0 Å². The fraction of sp³-hybridized carbons (Fsp3) is 0.500. The van der Waals surface area contributed by atoms with E-state index in [1.165, 1.54) is 0 Å². The Balaban J connectivity index is 6.07. The van der Waals surface area contributed by atoms with Crippen LogP contribution in [-0.2, 0) is 20.6 Å². The molecule has 0 radical (unpaired) electrons. The van der Waals surface area contributed by atoms with Gasteiger partial charge in [0, 0.05) is 0 Å². The molecule has 0 aliphatic rings. The van der Waals surface area contributed by atoms with E-state index < -0.39 is 42.7 Å². The van der Waals surface area contributed by atoms with E-state index in [-0.39, 0.29) is 0 Å². The quantitative estimate of drug-likeness (QED) is 0.423. The number of halogens is 6. The van der Waals surface area contributed by atoms with Crippen molar-refractivity contribution in [3.63, 3.8) is 0 Å². The van der Waals surface area contributed by atoms with Crippen LogP contribution in [0.1, 0.15) is 0 Å². The van der Waals surface area contributed by atoms with Gasteiger partial charge in [-0.25, -0.2) is 0 Å². The zero-order valence-electron chi connectivity index (χ0n) is 6.72. The van der Waals surface area contributed by atoms with Gasteiger partial charge in [-0.1, -0.05) is 0 Å². The monoisotopic (exact) mass is 290 g/mol. The van der Waals surface area contributed by atoms with Crippen LogP contribution in [0.5, 0.6) is 0 Å². The Morgan fingerprint density at radius 2 is 0.875 bits per heavy atom. The second-order valence-electron chi connectivity index (χ2n) is 2.17. The van der Waals surface area contributed by atoms with Gasteiger partial charge in [0.1, 0.15) is 0 Å². The molecule has 0 aromatic carbocycles. The second-order valence-corrected chi connectivity index (χ2v) is 3.82. The molecule has 94 valence electrons. The maximum absolute atomic E-state index is 12.4. The molecule has 0 saturated heterocycles. The van der Waals surface area contributed by atoms with Crippen molar-refractivity contribution < 1.29 is 43.2 Å². The molecule has 0 unspecified atom stereocenters. The average Bonchev–Trinajstić information content (AvgIpc) is 2.14. The van der Waals surface area contributed by atoms with Crippen molar-refractivity contribution in [2.24, 2.45) is 0 Å². The highest BCUT2D eigenvalue weighted by Gasteiger charge is 2.66. The summed E-state index contributed by atoms with van der Waals surface area (Å²) in [6.45, 7) is 0. The standard InChI is InChI=1S/C4F6O4S2/c5-1(15(11)12)3(7,8)4(9,10)2(6)16(13)14. The van der Waals surface area contributed by atoms with E-state index >= 15 is 0 Å². The molecule has 0 aliphatic heterocycles. The number of hydrogen-bond donors (Lipinski definition) is 0. The molecule has 0 aromatic rings. The molecule has 0 aliphatic carbocycles. The van der Waals surface area contributed by atoms with Gasteiger partial charge in [0.25, 0.3) is 30.8 Å². The summed E-state index contributed by atoms with van der Waals surface area (Å²) in [5.74, 6) is -12.2. The van der Waals surface area contributed by atoms with Gasteiger partial charge in [-0.2, -0.15) is 43.2 Å². The molecule has 16 heavy (non-hydrogen) atoms. The maximum Gasteiger partial charge on any atom is 0.383 e. The molecule has 0 rings (SSSR count). The lowest BCUT2D eigenvalue weighted by Crippen LogP contribution is -2.50. The summed E-state index contributed by atoms with van der Waals surface area (Å²) in [5.41, 5.74) is 0. The summed E-state index contributed by atoms with van der Waals surface area (Å²) in [4.78, 5) is 0. The van der Waals surface area contributed by atoms with Crippen molar-refractivity contribution in [1.82, 2.24) is 0 Å². The molecule has 0 amide bonds. The van der Waals surface area contributed by atoms with Gasteiger partial charge in [-0.15, -0.1) is 0 Å². The van der Waals surface area contributed by atoms with E-state index in [2.05, 4.69) is 0 Å². The molecule has 4 nitrogen and oxygen atoms in total. The lowest BCUT2D eigenvalue weighted by atomic mass is 10.2. The predicted octanol–water partition coefficient (Wildman–Crippen LogP) is 0.214. The Kier molecular flexibility index (Phi) is 4.16. The predicted molar refractivity (Wildman–Crippen MR) is 40.0 cm³/mol. The zero-order valence-corrected chi connectivity index (χ0v) is 8.35.